The van der Waals surface area contributed by atoms with Crippen LogP contribution in [0, 0.1) is 0 Å². The molecule has 25 heavy (non-hydrogen) atoms. The van der Waals surface area contributed by atoms with E-state index in [1.54, 1.807) is 24.4 Å². The second kappa shape index (κ2) is 8.11. The number of hydrazone groups is 1. The van der Waals surface area contributed by atoms with Gasteiger partial charge in [0.1, 0.15) is 5.75 Å². The minimum absolute atomic E-state index is 0.288. The van der Waals surface area contributed by atoms with E-state index in [-0.39, 0.29) is 5.91 Å². The predicted octanol–water partition coefficient (Wildman–Crippen LogP) is 4.39. The largest absolute Gasteiger partial charge is 0.493 e. The second-order valence-corrected chi connectivity index (χ2v) is 5.65. The Bertz CT molecular complexity index is 903. The quantitative estimate of drug-likeness (QED) is 0.537. The van der Waals surface area contributed by atoms with Crippen molar-refractivity contribution in [1.29, 1.82) is 0 Å². The number of hydrogen-bond acceptors (Lipinski definition) is 3. The van der Waals surface area contributed by atoms with Crippen LogP contribution < -0.4 is 10.2 Å². The lowest BCUT2D eigenvalue weighted by atomic mass is 10.1. The molecule has 0 aromatic heterocycles. The Hall–Kier alpha value is -3.14. The molecule has 1 amide bonds. The Kier molecular flexibility index (Phi) is 5.42. The van der Waals surface area contributed by atoms with Crippen LogP contribution in [0.15, 0.2) is 71.8 Å². The van der Waals surface area contributed by atoms with Crippen LogP contribution >= 0.6 is 0 Å². The van der Waals surface area contributed by atoms with Crippen molar-refractivity contribution >= 4 is 22.9 Å². The lowest BCUT2D eigenvalue weighted by molar-refractivity contribution is 0.0951. The van der Waals surface area contributed by atoms with Gasteiger partial charge in [-0.05, 0) is 41.0 Å². The highest BCUT2D eigenvalue weighted by atomic mass is 16.5. The number of carbonyl (C=O) groups is 1. The zero-order chi connectivity index (χ0) is 17.5. The molecule has 0 aliphatic heterocycles. The van der Waals surface area contributed by atoms with Crippen LogP contribution in [0.1, 0.15) is 29.3 Å². The molecule has 4 heteroatoms. The molecule has 0 radical (unpaired) electrons. The number of nitrogens with one attached hydrogen (secondary N) is 1. The molecule has 0 saturated carbocycles. The molecule has 0 atom stereocenters. The average molecular weight is 332 g/mol. The first-order valence-corrected chi connectivity index (χ1v) is 8.32. The summed E-state index contributed by atoms with van der Waals surface area (Å²) in [4.78, 5) is 12.3. The molecule has 3 rings (SSSR count). The van der Waals surface area contributed by atoms with E-state index >= 15 is 0 Å². The Labute approximate surface area is 147 Å². The summed E-state index contributed by atoms with van der Waals surface area (Å²) in [6, 6.07) is 21.3. The molecule has 0 aliphatic rings. The van der Waals surface area contributed by atoms with Crippen molar-refractivity contribution in [3.05, 3.63) is 77.9 Å². The van der Waals surface area contributed by atoms with Crippen LogP contribution in [-0.2, 0) is 0 Å². The fraction of sp³-hybridized carbons (Fsp3) is 0.143. The first kappa shape index (κ1) is 16.7. The summed E-state index contributed by atoms with van der Waals surface area (Å²) in [5, 5.41) is 6.37. The SMILES string of the molecule is CCCOc1ccccc1C(=O)NN=Cc1ccc2ccccc2c1. The number of fused-ring (bicyclic) bond motifs is 1. The van der Waals surface area contributed by atoms with E-state index in [0.29, 0.717) is 17.9 Å². The molecule has 3 aromatic rings. The highest BCUT2D eigenvalue weighted by molar-refractivity contribution is 5.97. The zero-order valence-electron chi connectivity index (χ0n) is 14.1. The minimum atomic E-state index is -0.288. The van der Waals surface area contributed by atoms with E-state index in [9.17, 15) is 4.79 Å². The summed E-state index contributed by atoms with van der Waals surface area (Å²) < 4.78 is 5.61. The molecule has 0 saturated heterocycles. The van der Waals surface area contributed by atoms with Crippen molar-refractivity contribution in [2.45, 2.75) is 13.3 Å². The van der Waals surface area contributed by atoms with E-state index in [1.807, 2.05) is 49.4 Å². The van der Waals surface area contributed by atoms with Crippen molar-refractivity contribution in [1.82, 2.24) is 5.43 Å². The van der Waals surface area contributed by atoms with Crippen LogP contribution in [-0.4, -0.2) is 18.7 Å². The molecule has 0 heterocycles. The zero-order valence-corrected chi connectivity index (χ0v) is 14.1. The number of rotatable bonds is 6. The van der Waals surface area contributed by atoms with Crippen molar-refractivity contribution in [2.24, 2.45) is 5.10 Å². The van der Waals surface area contributed by atoms with Crippen LogP contribution in [0.4, 0.5) is 0 Å². The van der Waals surface area contributed by atoms with E-state index in [4.69, 9.17) is 4.74 Å². The maximum Gasteiger partial charge on any atom is 0.275 e. The standard InChI is InChI=1S/C21H20N2O2/c1-2-13-25-20-10-6-5-9-19(20)21(24)23-22-15-16-11-12-17-7-3-4-8-18(17)14-16/h3-12,14-15H,2,13H2,1H3,(H,23,24). The van der Waals surface area contributed by atoms with Crippen LogP contribution in [0.2, 0.25) is 0 Å². The van der Waals surface area contributed by atoms with Gasteiger partial charge in [-0.2, -0.15) is 5.10 Å². The van der Waals surface area contributed by atoms with Gasteiger partial charge >= 0.3 is 0 Å². The molecule has 4 nitrogen and oxygen atoms in total. The summed E-state index contributed by atoms with van der Waals surface area (Å²) in [7, 11) is 0. The van der Waals surface area contributed by atoms with Crippen molar-refractivity contribution in [3.8, 4) is 5.75 Å². The van der Waals surface area contributed by atoms with Gasteiger partial charge < -0.3 is 4.74 Å². The van der Waals surface area contributed by atoms with Gasteiger partial charge in [0.2, 0.25) is 0 Å². The van der Waals surface area contributed by atoms with E-state index in [2.05, 4.69) is 16.6 Å². The first-order chi connectivity index (χ1) is 12.3. The molecule has 126 valence electrons. The number of benzene rings is 3. The topological polar surface area (TPSA) is 50.7 Å². The Morgan fingerprint density at radius 1 is 1.04 bits per heavy atom. The van der Waals surface area contributed by atoms with Gasteiger partial charge in [0.25, 0.3) is 5.91 Å². The number of para-hydroxylation sites is 1. The number of nitrogens with zero attached hydrogens (tertiary/aromatic N) is 1. The summed E-state index contributed by atoms with van der Waals surface area (Å²) >= 11 is 0. The summed E-state index contributed by atoms with van der Waals surface area (Å²) in [6.45, 7) is 2.60. The summed E-state index contributed by atoms with van der Waals surface area (Å²) in [5.74, 6) is 0.284. The van der Waals surface area contributed by atoms with Gasteiger partial charge in [0, 0.05) is 0 Å². The van der Waals surface area contributed by atoms with Crippen molar-refractivity contribution < 1.29 is 9.53 Å². The normalized spacial score (nSPS) is 10.9. The molecule has 1 N–H and O–H groups in total. The average Bonchev–Trinajstić information content (AvgIpc) is 2.66. The predicted molar refractivity (Wildman–Crippen MR) is 101 cm³/mol. The smallest absolute Gasteiger partial charge is 0.275 e. The third-order valence-electron chi connectivity index (χ3n) is 3.75. The van der Waals surface area contributed by atoms with Gasteiger partial charge in [-0.25, -0.2) is 5.43 Å². The van der Waals surface area contributed by atoms with Gasteiger partial charge in [-0.1, -0.05) is 55.5 Å². The van der Waals surface area contributed by atoms with E-state index in [0.717, 1.165) is 17.4 Å². The van der Waals surface area contributed by atoms with Crippen molar-refractivity contribution in [3.63, 3.8) is 0 Å². The fourth-order valence-corrected chi connectivity index (χ4v) is 2.51. The molecule has 3 aromatic carbocycles. The number of hydrogen-bond donors (Lipinski definition) is 1. The van der Waals surface area contributed by atoms with E-state index < -0.39 is 0 Å². The number of amides is 1. The molecular weight excluding hydrogens is 312 g/mol. The van der Waals surface area contributed by atoms with Crippen LogP contribution in [0.3, 0.4) is 0 Å². The Morgan fingerprint density at radius 2 is 1.80 bits per heavy atom. The molecular formula is C21H20N2O2. The maximum atomic E-state index is 12.3. The summed E-state index contributed by atoms with van der Waals surface area (Å²) in [5.41, 5.74) is 3.97. The second-order valence-electron chi connectivity index (χ2n) is 5.65. The van der Waals surface area contributed by atoms with Gasteiger partial charge in [-0.15, -0.1) is 0 Å². The molecule has 0 aliphatic carbocycles. The Balaban J connectivity index is 1.70. The Morgan fingerprint density at radius 3 is 2.64 bits per heavy atom. The molecule has 0 bridgehead atoms. The lowest BCUT2D eigenvalue weighted by Gasteiger charge is -2.09. The molecule has 0 spiro atoms. The number of carbonyl (C=O) groups excluding carboxylic acids is 1. The third kappa shape index (κ3) is 4.23. The van der Waals surface area contributed by atoms with Gasteiger partial charge in [0.05, 0.1) is 18.4 Å². The molecule has 0 fully saturated rings. The van der Waals surface area contributed by atoms with Crippen LogP contribution in [0.25, 0.3) is 10.8 Å². The molecule has 0 unspecified atom stereocenters. The van der Waals surface area contributed by atoms with E-state index in [1.165, 1.54) is 5.39 Å². The van der Waals surface area contributed by atoms with Crippen LogP contribution in [0.5, 0.6) is 5.75 Å². The third-order valence-corrected chi connectivity index (χ3v) is 3.75. The highest BCUT2D eigenvalue weighted by Crippen LogP contribution is 2.18. The highest BCUT2D eigenvalue weighted by Gasteiger charge is 2.10. The first-order valence-electron chi connectivity index (χ1n) is 8.32. The minimum Gasteiger partial charge on any atom is -0.493 e. The van der Waals surface area contributed by atoms with Gasteiger partial charge in [-0.3, -0.25) is 4.79 Å². The fourth-order valence-electron chi connectivity index (χ4n) is 2.51. The summed E-state index contributed by atoms with van der Waals surface area (Å²) in [6.07, 6.45) is 2.52. The maximum absolute atomic E-state index is 12.3. The van der Waals surface area contributed by atoms with Crippen molar-refractivity contribution in [2.75, 3.05) is 6.61 Å². The monoisotopic (exact) mass is 332 g/mol. The lowest BCUT2D eigenvalue weighted by Crippen LogP contribution is -2.18. The van der Waals surface area contributed by atoms with Gasteiger partial charge in [0.15, 0.2) is 0 Å². The number of ether oxygens (including phenoxy) is 1.